The molecular formula is C5H7Cl3O3. The Hall–Kier alpha value is 0.330. The van der Waals surface area contributed by atoms with Gasteiger partial charge in [0.15, 0.2) is 0 Å². The monoisotopic (exact) mass is 220 g/mol. The van der Waals surface area contributed by atoms with Gasteiger partial charge in [-0.1, -0.05) is 34.8 Å². The first-order valence-corrected chi connectivity index (χ1v) is 3.74. The van der Waals surface area contributed by atoms with E-state index < -0.39 is 15.3 Å². The zero-order valence-electron chi connectivity index (χ0n) is 5.55. The van der Waals surface area contributed by atoms with E-state index in [9.17, 15) is 0 Å². The van der Waals surface area contributed by atoms with Crippen LogP contribution in [0.3, 0.4) is 0 Å². The molecule has 1 unspecified atom stereocenters. The smallest absolute Gasteiger partial charge is 0.266 e. The second-order valence-electron chi connectivity index (χ2n) is 1.84. The van der Waals surface area contributed by atoms with Gasteiger partial charge in [-0.2, -0.15) is 0 Å². The molecule has 1 atom stereocenters. The maximum atomic E-state index is 9.05. The summed E-state index contributed by atoms with van der Waals surface area (Å²) >= 11 is 15.3. The average molecular weight is 221 g/mol. The van der Waals surface area contributed by atoms with Crippen LogP contribution in [0, 0.1) is 0 Å². The minimum Gasteiger partial charge on any atom is -0.508 e. The predicted molar refractivity (Wildman–Crippen MR) is 43.8 cm³/mol. The normalized spacial score (nSPS) is 19.6. The Morgan fingerprint density at radius 2 is 1.64 bits per heavy atom. The highest BCUT2D eigenvalue weighted by Gasteiger charge is 2.49. The van der Waals surface area contributed by atoms with Gasteiger partial charge in [0.2, 0.25) is 0 Å². The lowest BCUT2D eigenvalue weighted by Crippen LogP contribution is -2.42. The molecule has 0 bridgehead atoms. The highest BCUT2D eigenvalue weighted by Crippen LogP contribution is 2.38. The van der Waals surface area contributed by atoms with Crippen LogP contribution < -0.4 is 0 Å². The largest absolute Gasteiger partial charge is 0.508 e. The van der Waals surface area contributed by atoms with E-state index in [1.807, 2.05) is 0 Å². The molecule has 3 nitrogen and oxygen atoms in total. The van der Waals surface area contributed by atoms with E-state index in [1.165, 1.54) is 6.92 Å². The van der Waals surface area contributed by atoms with Crippen molar-refractivity contribution in [1.29, 1.82) is 0 Å². The number of hydrogen-bond acceptors (Lipinski definition) is 3. The molecule has 66 valence electrons. The number of halogens is 3. The molecule has 0 amide bonds. The molecule has 0 radical (unpaired) electrons. The van der Waals surface area contributed by atoms with Crippen molar-refractivity contribution in [2.45, 2.75) is 16.5 Å². The van der Waals surface area contributed by atoms with Crippen molar-refractivity contribution in [1.82, 2.24) is 0 Å². The second kappa shape index (κ2) is 3.37. The molecule has 0 aromatic rings. The van der Waals surface area contributed by atoms with Gasteiger partial charge in [0, 0.05) is 0 Å². The summed E-state index contributed by atoms with van der Waals surface area (Å²) < 4.78 is -2.63. The highest BCUT2D eigenvalue weighted by atomic mass is 35.5. The van der Waals surface area contributed by atoms with Crippen LogP contribution >= 0.6 is 34.8 Å². The number of aliphatic hydroxyl groups is 3. The van der Waals surface area contributed by atoms with E-state index in [4.69, 9.17) is 50.1 Å². The topological polar surface area (TPSA) is 60.7 Å². The molecule has 0 saturated carbocycles. The standard InChI is InChI=1S/C5H7Cl3O3/c1-2-3(9)4(6,10)5(7,8)11/h2,9-11H,1H3. The van der Waals surface area contributed by atoms with Gasteiger partial charge in [-0.15, -0.1) is 0 Å². The lowest BCUT2D eigenvalue weighted by atomic mass is 10.3. The Morgan fingerprint density at radius 1 is 1.27 bits per heavy atom. The van der Waals surface area contributed by atoms with Crippen LogP contribution in [0.5, 0.6) is 0 Å². The zero-order valence-corrected chi connectivity index (χ0v) is 7.82. The Labute approximate surface area is 78.8 Å². The first kappa shape index (κ1) is 11.3. The highest BCUT2D eigenvalue weighted by molar-refractivity contribution is 6.52. The van der Waals surface area contributed by atoms with E-state index in [0.29, 0.717) is 0 Å². The molecule has 0 rings (SSSR count). The van der Waals surface area contributed by atoms with Crippen molar-refractivity contribution in [3.8, 4) is 0 Å². The predicted octanol–water partition coefficient (Wildman–Crippen LogP) is 1.50. The maximum Gasteiger partial charge on any atom is 0.266 e. The third-order valence-corrected chi connectivity index (χ3v) is 2.22. The molecule has 0 spiro atoms. The van der Waals surface area contributed by atoms with Crippen molar-refractivity contribution < 1.29 is 15.3 Å². The second-order valence-corrected chi connectivity index (χ2v) is 3.67. The molecule has 0 aliphatic rings. The minimum atomic E-state index is -2.63. The Morgan fingerprint density at radius 3 is 1.73 bits per heavy atom. The summed E-state index contributed by atoms with van der Waals surface area (Å²) in [5, 5.41) is 24.1. The van der Waals surface area contributed by atoms with Crippen LogP contribution in [0.4, 0.5) is 0 Å². The van der Waals surface area contributed by atoms with Gasteiger partial charge in [0.25, 0.3) is 9.58 Å². The summed E-state index contributed by atoms with van der Waals surface area (Å²) in [5.74, 6) is -0.716. The molecule has 0 saturated heterocycles. The van der Waals surface area contributed by atoms with Crippen molar-refractivity contribution in [3.05, 3.63) is 11.8 Å². The van der Waals surface area contributed by atoms with Gasteiger partial charge in [0.05, 0.1) is 0 Å². The van der Waals surface area contributed by atoms with Crippen molar-refractivity contribution >= 4 is 34.8 Å². The molecule has 0 aliphatic heterocycles. The molecule has 0 aromatic carbocycles. The van der Waals surface area contributed by atoms with Gasteiger partial charge in [-0.3, -0.25) is 0 Å². The van der Waals surface area contributed by atoms with E-state index >= 15 is 0 Å². The summed E-state index contributed by atoms with van der Waals surface area (Å²) in [6.45, 7) is 1.39. The fourth-order valence-corrected chi connectivity index (χ4v) is 0.648. The molecular weight excluding hydrogens is 214 g/mol. The Balaban J connectivity index is 4.74. The summed E-state index contributed by atoms with van der Waals surface area (Å²) in [6, 6.07) is 0. The van der Waals surface area contributed by atoms with Gasteiger partial charge in [-0.25, -0.2) is 0 Å². The van der Waals surface area contributed by atoms with Crippen molar-refractivity contribution in [2.24, 2.45) is 0 Å². The molecule has 0 aliphatic carbocycles. The van der Waals surface area contributed by atoms with Crippen molar-refractivity contribution in [3.63, 3.8) is 0 Å². The summed E-state index contributed by atoms with van der Waals surface area (Å²) in [5.41, 5.74) is 0. The fourth-order valence-electron chi connectivity index (χ4n) is 0.345. The van der Waals surface area contributed by atoms with Crippen LogP contribution in [0.2, 0.25) is 0 Å². The number of alkyl halides is 3. The van der Waals surface area contributed by atoms with Gasteiger partial charge in [-0.05, 0) is 13.0 Å². The number of allylic oxidation sites excluding steroid dienone is 1. The summed E-state index contributed by atoms with van der Waals surface area (Å²) in [4.78, 5) is 0. The van der Waals surface area contributed by atoms with Gasteiger partial charge in [0.1, 0.15) is 5.76 Å². The SMILES string of the molecule is CC=C(O)C(O)(Cl)C(O)(Cl)Cl. The molecule has 11 heavy (non-hydrogen) atoms. The minimum absolute atomic E-state index is 0.716. The van der Waals surface area contributed by atoms with Gasteiger partial charge < -0.3 is 15.3 Å². The molecule has 0 heterocycles. The number of hydrogen-bond donors (Lipinski definition) is 3. The zero-order chi connectivity index (χ0) is 9.28. The fraction of sp³-hybridized carbons (Fsp3) is 0.600. The molecule has 3 N–H and O–H groups in total. The van der Waals surface area contributed by atoms with Crippen LogP contribution in [-0.2, 0) is 0 Å². The quantitative estimate of drug-likeness (QED) is 0.489. The van der Waals surface area contributed by atoms with E-state index in [-0.39, 0.29) is 0 Å². The van der Waals surface area contributed by atoms with Crippen LogP contribution in [0.15, 0.2) is 11.8 Å². The third kappa shape index (κ3) is 2.39. The van der Waals surface area contributed by atoms with E-state index in [0.717, 1.165) is 6.08 Å². The third-order valence-electron chi connectivity index (χ3n) is 1.01. The summed E-state index contributed by atoms with van der Waals surface area (Å²) in [6.07, 6.45) is 1.06. The Kier molecular flexibility index (Phi) is 3.47. The first-order valence-electron chi connectivity index (χ1n) is 2.60. The first-order chi connectivity index (χ1) is 4.73. The van der Waals surface area contributed by atoms with E-state index in [2.05, 4.69) is 0 Å². The average Bonchev–Trinajstić information content (AvgIpc) is 1.83. The number of aliphatic hydroxyl groups excluding tert-OH is 1. The summed E-state index contributed by atoms with van der Waals surface area (Å²) in [7, 11) is 0. The molecule has 0 aromatic heterocycles. The van der Waals surface area contributed by atoms with Crippen LogP contribution in [0.1, 0.15) is 6.92 Å². The Bertz CT molecular complexity index is 170. The lowest BCUT2D eigenvalue weighted by molar-refractivity contribution is 0.00635. The van der Waals surface area contributed by atoms with E-state index in [1.54, 1.807) is 0 Å². The van der Waals surface area contributed by atoms with Crippen molar-refractivity contribution in [2.75, 3.05) is 0 Å². The molecule has 6 heteroatoms. The van der Waals surface area contributed by atoms with Crippen LogP contribution in [0.25, 0.3) is 0 Å². The van der Waals surface area contributed by atoms with Gasteiger partial charge >= 0.3 is 0 Å². The molecule has 0 fully saturated rings. The van der Waals surface area contributed by atoms with Crippen LogP contribution in [-0.4, -0.2) is 24.9 Å². The lowest BCUT2D eigenvalue weighted by Gasteiger charge is -2.27. The number of rotatable bonds is 2. The maximum absolute atomic E-state index is 9.05.